The summed E-state index contributed by atoms with van der Waals surface area (Å²) in [6.45, 7) is 0. The van der Waals surface area contributed by atoms with Crippen molar-refractivity contribution >= 4 is 33.0 Å². The summed E-state index contributed by atoms with van der Waals surface area (Å²) in [6.07, 6.45) is 0. The Labute approximate surface area is 116 Å². The maximum atomic E-state index is 10.9. The van der Waals surface area contributed by atoms with Gasteiger partial charge in [-0.2, -0.15) is 0 Å². The molecule has 0 unspecified atom stereocenters. The number of rotatable bonds is 2. The summed E-state index contributed by atoms with van der Waals surface area (Å²) in [5.41, 5.74) is 2.25. The molecule has 94 valence electrons. The van der Waals surface area contributed by atoms with Crippen LogP contribution in [0.1, 0.15) is 10.4 Å². The first-order valence-electron chi connectivity index (χ1n) is 5.53. The Morgan fingerprint density at radius 3 is 2.84 bits per heavy atom. The number of carboxylic acids is 1. The zero-order valence-corrected chi connectivity index (χ0v) is 11.2. The molecule has 19 heavy (non-hydrogen) atoms. The minimum absolute atomic E-state index is 0.209. The van der Waals surface area contributed by atoms with Crippen molar-refractivity contribution in [2.75, 3.05) is 0 Å². The van der Waals surface area contributed by atoms with Crippen LogP contribution < -0.4 is 0 Å². The average Bonchev–Trinajstić information content (AvgIpc) is 2.81. The lowest BCUT2D eigenvalue weighted by Gasteiger charge is -1.97. The van der Waals surface area contributed by atoms with Gasteiger partial charge in [-0.15, -0.1) is 0 Å². The second-order valence-corrected chi connectivity index (χ2v) is 4.93. The third kappa shape index (κ3) is 2.24. The van der Waals surface area contributed by atoms with E-state index in [0.717, 1.165) is 9.99 Å². The topological polar surface area (TPSA) is 63.3 Å². The second kappa shape index (κ2) is 4.51. The standard InChI is InChI=1S/C14H8BrNO3/c15-10-4-5-12-11(7-10)16-13(19-12)8-2-1-3-9(6-8)14(17)18/h1-7H,(H,17,18). The van der Waals surface area contributed by atoms with Gasteiger partial charge >= 0.3 is 5.97 Å². The highest BCUT2D eigenvalue weighted by atomic mass is 79.9. The molecule has 4 nitrogen and oxygen atoms in total. The van der Waals surface area contributed by atoms with E-state index in [0.29, 0.717) is 17.0 Å². The maximum absolute atomic E-state index is 10.9. The SMILES string of the molecule is O=C(O)c1cccc(-c2nc3cc(Br)ccc3o2)c1. The van der Waals surface area contributed by atoms with Gasteiger partial charge in [-0.1, -0.05) is 22.0 Å². The molecule has 1 N–H and O–H groups in total. The van der Waals surface area contributed by atoms with Crippen molar-refractivity contribution in [1.29, 1.82) is 0 Å². The molecular formula is C14H8BrNO3. The smallest absolute Gasteiger partial charge is 0.335 e. The van der Waals surface area contributed by atoms with Crippen molar-refractivity contribution in [3.63, 3.8) is 0 Å². The third-order valence-corrected chi connectivity index (χ3v) is 3.20. The van der Waals surface area contributed by atoms with E-state index in [1.807, 2.05) is 18.2 Å². The zero-order valence-electron chi connectivity index (χ0n) is 9.63. The number of carbonyl (C=O) groups is 1. The molecule has 0 aliphatic heterocycles. The molecule has 1 heterocycles. The van der Waals surface area contributed by atoms with Gasteiger partial charge in [-0.3, -0.25) is 0 Å². The highest BCUT2D eigenvalue weighted by molar-refractivity contribution is 9.10. The van der Waals surface area contributed by atoms with Crippen LogP contribution in [0.4, 0.5) is 0 Å². The summed E-state index contributed by atoms with van der Waals surface area (Å²) in [6, 6.07) is 12.0. The number of carboxylic acid groups (broad SMARTS) is 1. The predicted octanol–water partition coefficient (Wildman–Crippen LogP) is 3.96. The number of halogens is 1. The monoisotopic (exact) mass is 317 g/mol. The van der Waals surface area contributed by atoms with Gasteiger partial charge in [0.15, 0.2) is 5.58 Å². The third-order valence-electron chi connectivity index (χ3n) is 2.71. The number of benzene rings is 2. The molecule has 2 aromatic carbocycles. The van der Waals surface area contributed by atoms with Gasteiger partial charge in [-0.05, 0) is 36.4 Å². The Morgan fingerprint density at radius 1 is 1.21 bits per heavy atom. The molecule has 0 spiro atoms. The van der Waals surface area contributed by atoms with Crippen LogP contribution in [-0.2, 0) is 0 Å². The first-order valence-corrected chi connectivity index (χ1v) is 6.32. The summed E-state index contributed by atoms with van der Waals surface area (Å²) in [7, 11) is 0. The van der Waals surface area contributed by atoms with Crippen LogP contribution in [0.25, 0.3) is 22.6 Å². The Bertz CT molecular complexity index is 779. The van der Waals surface area contributed by atoms with E-state index < -0.39 is 5.97 Å². The van der Waals surface area contributed by atoms with Crippen molar-refractivity contribution in [3.8, 4) is 11.5 Å². The highest BCUT2D eigenvalue weighted by Gasteiger charge is 2.10. The number of oxazole rings is 1. The fourth-order valence-corrected chi connectivity index (χ4v) is 2.16. The molecule has 0 amide bonds. The Morgan fingerprint density at radius 2 is 2.05 bits per heavy atom. The number of aromatic nitrogens is 1. The number of fused-ring (bicyclic) bond motifs is 1. The lowest BCUT2D eigenvalue weighted by molar-refractivity contribution is 0.0697. The summed E-state index contributed by atoms with van der Waals surface area (Å²) in [5.74, 6) is -0.558. The molecule has 0 saturated carbocycles. The van der Waals surface area contributed by atoms with E-state index in [1.54, 1.807) is 18.2 Å². The van der Waals surface area contributed by atoms with Crippen LogP contribution in [-0.4, -0.2) is 16.1 Å². The molecular weight excluding hydrogens is 310 g/mol. The van der Waals surface area contributed by atoms with E-state index in [-0.39, 0.29) is 5.56 Å². The van der Waals surface area contributed by atoms with E-state index >= 15 is 0 Å². The maximum Gasteiger partial charge on any atom is 0.335 e. The Kier molecular flexibility index (Phi) is 2.83. The van der Waals surface area contributed by atoms with Gasteiger partial charge in [0, 0.05) is 10.0 Å². The minimum atomic E-state index is -0.972. The van der Waals surface area contributed by atoms with Crippen molar-refractivity contribution < 1.29 is 14.3 Å². The summed E-state index contributed by atoms with van der Waals surface area (Å²) < 4.78 is 6.53. The van der Waals surface area contributed by atoms with Gasteiger partial charge in [0.1, 0.15) is 5.52 Å². The quantitative estimate of drug-likeness (QED) is 0.777. The van der Waals surface area contributed by atoms with Gasteiger partial charge in [0.05, 0.1) is 5.56 Å². The van der Waals surface area contributed by atoms with E-state index in [4.69, 9.17) is 9.52 Å². The number of nitrogens with zero attached hydrogens (tertiary/aromatic N) is 1. The first kappa shape index (κ1) is 11.9. The van der Waals surface area contributed by atoms with E-state index in [2.05, 4.69) is 20.9 Å². The molecule has 5 heteroatoms. The van der Waals surface area contributed by atoms with Crippen LogP contribution in [0, 0.1) is 0 Å². The summed E-state index contributed by atoms with van der Waals surface area (Å²) in [5, 5.41) is 8.98. The molecule has 0 bridgehead atoms. The average molecular weight is 318 g/mol. The minimum Gasteiger partial charge on any atom is -0.478 e. The molecule has 0 aliphatic carbocycles. The number of hydrogen-bond donors (Lipinski definition) is 1. The van der Waals surface area contributed by atoms with Crippen molar-refractivity contribution in [2.24, 2.45) is 0 Å². The molecule has 3 aromatic rings. The number of aromatic carboxylic acids is 1. The molecule has 0 aliphatic rings. The molecule has 0 atom stereocenters. The molecule has 0 fully saturated rings. The summed E-state index contributed by atoms with van der Waals surface area (Å²) in [4.78, 5) is 15.3. The van der Waals surface area contributed by atoms with Crippen LogP contribution in [0.2, 0.25) is 0 Å². The van der Waals surface area contributed by atoms with Crippen molar-refractivity contribution in [1.82, 2.24) is 4.98 Å². The predicted molar refractivity (Wildman–Crippen MR) is 74.1 cm³/mol. The lowest BCUT2D eigenvalue weighted by atomic mass is 10.1. The van der Waals surface area contributed by atoms with E-state index in [9.17, 15) is 4.79 Å². The van der Waals surface area contributed by atoms with Crippen LogP contribution in [0.5, 0.6) is 0 Å². The van der Waals surface area contributed by atoms with Crippen molar-refractivity contribution in [2.45, 2.75) is 0 Å². The number of hydrogen-bond acceptors (Lipinski definition) is 3. The second-order valence-electron chi connectivity index (χ2n) is 4.02. The Balaban J connectivity index is 2.13. The fourth-order valence-electron chi connectivity index (χ4n) is 1.81. The largest absolute Gasteiger partial charge is 0.478 e. The van der Waals surface area contributed by atoms with Gasteiger partial charge in [0.25, 0.3) is 0 Å². The first-order chi connectivity index (χ1) is 9.13. The fraction of sp³-hybridized carbons (Fsp3) is 0. The van der Waals surface area contributed by atoms with Gasteiger partial charge in [-0.25, -0.2) is 9.78 Å². The molecule has 0 radical (unpaired) electrons. The zero-order chi connectivity index (χ0) is 13.4. The van der Waals surface area contributed by atoms with Crippen LogP contribution >= 0.6 is 15.9 Å². The lowest BCUT2D eigenvalue weighted by Crippen LogP contribution is -1.95. The summed E-state index contributed by atoms with van der Waals surface area (Å²) >= 11 is 3.37. The normalized spacial score (nSPS) is 10.8. The van der Waals surface area contributed by atoms with Crippen LogP contribution in [0.3, 0.4) is 0 Å². The van der Waals surface area contributed by atoms with Gasteiger partial charge < -0.3 is 9.52 Å². The molecule has 0 saturated heterocycles. The van der Waals surface area contributed by atoms with E-state index in [1.165, 1.54) is 6.07 Å². The highest BCUT2D eigenvalue weighted by Crippen LogP contribution is 2.26. The van der Waals surface area contributed by atoms with Gasteiger partial charge in [0.2, 0.25) is 5.89 Å². The van der Waals surface area contributed by atoms with Crippen molar-refractivity contribution in [3.05, 3.63) is 52.5 Å². The Hall–Kier alpha value is -2.14. The van der Waals surface area contributed by atoms with Crippen LogP contribution in [0.15, 0.2) is 51.4 Å². The molecule has 3 rings (SSSR count). The molecule has 1 aromatic heterocycles.